The lowest BCUT2D eigenvalue weighted by molar-refractivity contribution is -0.116. The van der Waals surface area contributed by atoms with Gasteiger partial charge in [0.1, 0.15) is 5.25 Å². The van der Waals surface area contributed by atoms with Crippen LogP contribution in [0.1, 0.15) is 29.9 Å². The average Bonchev–Trinajstić information content (AvgIpc) is 3.11. The van der Waals surface area contributed by atoms with Crippen molar-refractivity contribution < 1.29 is 4.79 Å². The molecular weight excluding hydrogens is 394 g/mol. The molecule has 8 heteroatoms. The van der Waals surface area contributed by atoms with Crippen LogP contribution in [0.15, 0.2) is 53.7 Å². The highest BCUT2D eigenvalue weighted by Crippen LogP contribution is 2.38. The molecule has 0 aliphatic carbocycles. The Bertz CT molecular complexity index is 1000. The van der Waals surface area contributed by atoms with E-state index >= 15 is 0 Å². The molecule has 6 nitrogen and oxygen atoms in total. The van der Waals surface area contributed by atoms with Gasteiger partial charge in [0.2, 0.25) is 11.1 Å². The molecule has 0 unspecified atom stereocenters. The van der Waals surface area contributed by atoms with Crippen LogP contribution in [0, 0.1) is 6.92 Å². The quantitative estimate of drug-likeness (QED) is 0.670. The van der Waals surface area contributed by atoms with E-state index in [2.05, 4.69) is 20.9 Å². The molecule has 2 N–H and O–H groups in total. The van der Waals surface area contributed by atoms with E-state index in [-0.39, 0.29) is 11.9 Å². The zero-order valence-corrected chi connectivity index (χ0v) is 17.1. The molecular formula is C20H20ClN5OS. The van der Waals surface area contributed by atoms with Crippen LogP contribution < -0.4 is 10.7 Å². The van der Waals surface area contributed by atoms with Gasteiger partial charge in [-0.1, -0.05) is 60.6 Å². The summed E-state index contributed by atoms with van der Waals surface area (Å²) in [5.74, 6) is 0.748. The minimum Gasteiger partial charge on any atom is -0.325 e. The second kappa shape index (κ2) is 7.85. The second-order valence-corrected chi connectivity index (χ2v) is 8.13. The third kappa shape index (κ3) is 3.59. The number of thioether (sulfide) groups is 1. The summed E-state index contributed by atoms with van der Waals surface area (Å²) in [7, 11) is 0. The molecule has 0 saturated heterocycles. The molecule has 2 heterocycles. The molecule has 2 atom stereocenters. The number of halogens is 1. The van der Waals surface area contributed by atoms with Gasteiger partial charge in [-0.3, -0.25) is 4.79 Å². The monoisotopic (exact) mass is 413 g/mol. The predicted octanol–water partition coefficient (Wildman–Crippen LogP) is 4.20. The van der Waals surface area contributed by atoms with Crippen LogP contribution in [0.3, 0.4) is 0 Å². The Morgan fingerprint density at radius 1 is 1.21 bits per heavy atom. The van der Waals surface area contributed by atoms with E-state index < -0.39 is 5.25 Å². The molecule has 0 saturated carbocycles. The van der Waals surface area contributed by atoms with Gasteiger partial charge in [-0.15, -0.1) is 10.2 Å². The molecule has 1 aliphatic rings. The number of nitrogens with zero attached hydrogens (tertiary/aromatic N) is 3. The minimum absolute atomic E-state index is 0.0842. The van der Waals surface area contributed by atoms with Crippen molar-refractivity contribution in [3.8, 4) is 0 Å². The lowest BCUT2D eigenvalue weighted by Crippen LogP contribution is -2.41. The zero-order chi connectivity index (χ0) is 19.7. The van der Waals surface area contributed by atoms with Gasteiger partial charge in [0.15, 0.2) is 5.82 Å². The van der Waals surface area contributed by atoms with Crippen LogP contribution >= 0.6 is 23.4 Å². The first kappa shape index (κ1) is 18.8. The maximum atomic E-state index is 13.2. The number of hydrogen-bond donors (Lipinski definition) is 2. The molecule has 1 amide bonds. The van der Waals surface area contributed by atoms with Crippen molar-refractivity contribution in [2.45, 2.75) is 36.7 Å². The van der Waals surface area contributed by atoms with E-state index in [1.54, 1.807) is 0 Å². The lowest BCUT2D eigenvalue weighted by atomic mass is 10.0. The van der Waals surface area contributed by atoms with Crippen LogP contribution in [0.2, 0.25) is 5.02 Å². The van der Waals surface area contributed by atoms with Crippen LogP contribution in [0.5, 0.6) is 0 Å². The molecule has 0 radical (unpaired) electrons. The Morgan fingerprint density at radius 2 is 1.96 bits per heavy atom. The Hall–Kier alpha value is -2.51. The van der Waals surface area contributed by atoms with E-state index in [1.165, 1.54) is 11.8 Å². The molecule has 3 aromatic rings. The van der Waals surface area contributed by atoms with Crippen molar-refractivity contribution in [3.63, 3.8) is 0 Å². The van der Waals surface area contributed by atoms with Crippen molar-refractivity contribution in [2.75, 3.05) is 10.7 Å². The van der Waals surface area contributed by atoms with Crippen LogP contribution in [0.25, 0.3) is 0 Å². The standard InChI is InChI=1S/C20H20ClN5OS/c1-3-16-23-24-20-26(16)25-17(13-8-10-14(21)11-9-13)18(28-20)19(27)22-15-7-5-4-6-12(15)2/h4-11,17-18,25H,3H2,1-2H3,(H,22,27)/t17-,18+/m1/s1. The molecule has 1 aromatic heterocycles. The molecule has 0 bridgehead atoms. The number of anilines is 1. The third-order valence-corrected chi connectivity index (χ3v) is 6.18. The van der Waals surface area contributed by atoms with Gasteiger partial charge in [0, 0.05) is 17.1 Å². The third-order valence-electron chi connectivity index (χ3n) is 4.71. The molecule has 1 aliphatic heterocycles. The van der Waals surface area contributed by atoms with Gasteiger partial charge < -0.3 is 10.7 Å². The summed E-state index contributed by atoms with van der Waals surface area (Å²) in [6.07, 6.45) is 0.744. The summed E-state index contributed by atoms with van der Waals surface area (Å²) >= 11 is 7.47. The van der Waals surface area contributed by atoms with Crippen LogP contribution in [0.4, 0.5) is 5.69 Å². The van der Waals surface area contributed by atoms with E-state index in [0.29, 0.717) is 10.2 Å². The topological polar surface area (TPSA) is 71.8 Å². The van der Waals surface area contributed by atoms with Crippen molar-refractivity contribution >= 4 is 35.0 Å². The largest absolute Gasteiger partial charge is 0.325 e. The molecule has 4 rings (SSSR count). The highest BCUT2D eigenvalue weighted by atomic mass is 35.5. The van der Waals surface area contributed by atoms with Gasteiger partial charge >= 0.3 is 0 Å². The Morgan fingerprint density at radius 3 is 2.68 bits per heavy atom. The molecule has 28 heavy (non-hydrogen) atoms. The Balaban J connectivity index is 1.68. The first-order valence-corrected chi connectivity index (χ1v) is 10.3. The van der Waals surface area contributed by atoms with E-state index in [4.69, 9.17) is 11.6 Å². The summed E-state index contributed by atoms with van der Waals surface area (Å²) < 4.78 is 1.88. The number of nitrogens with one attached hydrogen (secondary N) is 2. The number of aromatic nitrogens is 3. The number of rotatable bonds is 4. The summed E-state index contributed by atoms with van der Waals surface area (Å²) in [4.78, 5) is 13.2. The summed E-state index contributed by atoms with van der Waals surface area (Å²) in [6, 6.07) is 15.0. The second-order valence-electron chi connectivity index (χ2n) is 6.59. The van der Waals surface area contributed by atoms with Crippen LogP contribution in [-0.2, 0) is 11.2 Å². The van der Waals surface area contributed by atoms with Crippen molar-refractivity contribution in [2.24, 2.45) is 0 Å². The van der Waals surface area contributed by atoms with Crippen LogP contribution in [-0.4, -0.2) is 26.0 Å². The van der Waals surface area contributed by atoms with Crippen molar-refractivity contribution in [1.82, 2.24) is 14.9 Å². The number of amides is 1. The summed E-state index contributed by atoms with van der Waals surface area (Å²) in [5, 5.41) is 12.5. The molecule has 0 fully saturated rings. The van der Waals surface area contributed by atoms with Gasteiger partial charge in [0.05, 0.1) is 6.04 Å². The normalized spacial score (nSPS) is 18.2. The zero-order valence-electron chi connectivity index (χ0n) is 15.5. The van der Waals surface area contributed by atoms with E-state index in [1.807, 2.05) is 67.1 Å². The number of benzene rings is 2. The maximum absolute atomic E-state index is 13.2. The molecule has 144 valence electrons. The SMILES string of the molecule is CCc1nnc2n1N[C@H](c1ccc(Cl)cc1)[C@@H](C(=O)Nc1ccccc1C)S2. The number of aryl methyl sites for hydroxylation is 2. The fourth-order valence-electron chi connectivity index (χ4n) is 3.16. The fraction of sp³-hybridized carbons (Fsp3) is 0.250. The van der Waals surface area contributed by atoms with Gasteiger partial charge in [-0.2, -0.15) is 0 Å². The minimum atomic E-state index is -0.415. The summed E-state index contributed by atoms with van der Waals surface area (Å²) in [5.41, 5.74) is 6.23. The number of fused-ring (bicyclic) bond motifs is 1. The number of carbonyl (C=O) groups is 1. The number of para-hydroxylation sites is 1. The molecule has 2 aromatic carbocycles. The van der Waals surface area contributed by atoms with Gasteiger partial charge in [-0.25, -0.2) is 4.68 Å². The first-order chi connectivity index (χ1) is 13.6. The maximum Gasteiger partial charge on any atom is 0.240 e. The first-order valence-electron chi connectivity index (χ1n) is 9.06. The van der Waals surface area contributed by atoms with Gasteiger partial charge in [-0.05, 0) is 36.2 Å². The Kier molecular flexibility index (Phi) is 5.28. The fourth-order valence-corrected chi connectivity index (χ4v) is 4.39. The number of hydrogen-bond acceptors (Lipinski definition) is 5. The van der Waals surface area contributed by atoms with Crippen molar-refractivity contribution in [3.05, 3.63) is 70.5 Å². The Labute approximate surface area is 172 Å². The van der Waals surface area contributed by atoms with E-state index in [9.17, 15) is 4.79 Å². The van der Waals surface area contributed by atoms with Gasteiger partial charge in [0.25, 0.3) is 0 Å². The average molecular weight is 414 g/mol. The summed E-state index contributed by atoms with van der Waals surface area (Å²) in [6.45, 7) is 4.00. The lowest BCUT2D eigenvalue weighted by Gasteiger charge is -2.33. The predicted molar refractivity (Wildman–Crippen MR) is 112 cm³/mol. The highest BCUT2D eigenvalue weighted by Gasteiger charge is 2.37. The highest BCUT2D eigenvalue weighted by molar-refractivity contribution is 8.00. The molecule has 0 spiro atoms. The smallest absolute Gasteiger partial charge is 0.240 e. The number of carbonyl (C=O) groups excluding carboxylic acids is 1. The van der Waals surface area contributed by atoms with Crippen molar-refractivity contribution in [1.29, 1.82) is 0 Å². The van der Waals surface area contributed by atoms with E-state index in [0.717, 1.165) is 29.1 Å².